The van der Waals surface area contributed by atoms with Crippen LogP contribution in [0.15, 0.2) is 42.9 Å². The number of fused-ring (bicyclic) bond motifs is 1. The molecule has 0 bridgehead atoms. The molecule has 0 saturated heterocycles. The highest BCUT2D eigenvalue weighted by Crippen LogP contribution is 2.26. The first-order valence-corrected chi connectivity index (χ1v) is 8.45. The van der Waals surface area contributed by atoms with E-state index in [9.17, 15) is 4.79 Å². The van der Waals surface area contributed by atoms with Gasteiger partial charge in [0.15, 0.2) is 11.9 Å². The summed E-state index contributed by atoms with van der Waals surface area (Å²) in [5.74, 6) is 0.416. The van der Waals surface area contributed by atoms with E-state index >= 15 is 0 Å². The van der Waals surface area contributed by atoms with E-state index in [2.05, 4.69) is 39.5 Å². The second kappa shape index (κ2) is 6.94. The molecule has 0 fully saturated rings. The number of rotatable bonds is 6. The third-order valence-electron chi connectivity index (χ3n) is 4.16. The fourth-order valence-corrected chi connectivity index (χ4v) is 2.90. The van der Waals surface area contributed by atoms with Gasteiger partial charge in [-0.2, -0.15) is 9.61 Å². The van der Waals surface area contributed by atoms with Crippen molar-refractivity contribution in [1.82, 2.24) is 34.8 Å². The number of ether oxygens (including phenoxy) is 1. The minimum atomic E-state index is 0.204. The lowest BCUT2D eigenvalue weighted by atomic mass is 10.1. The molecule has 9 heteroatoms. The van der Waals surface area contributed by atoms with Crippen LogP contribution in [0, 0.1) is 0 Å². The maximum Gasteiger partial charge on any atom is 0.193 e. The standard InChI is InChI=1S/C18H17N7O2/c1-12(2)25-15(5-8-20-25)17-13(4-3-7-19-17)11-27-16-6-9-24-18(14(16)10-26)21-22-23-24/h3-10,12H,11H2,1-2H3. The van der Waals surface area contributed by atoms with E-state index in [0.29, 0.717) is 23.2 Å². The molecule has 0 atom stereocenters. The Morgan fingerprint density at radius 2 is 2.11 bits per heavy atom. The van der Waals surface area contributed by atoms with Crippen LogP contribution in [0.5, 0.6) is 5.75 Å². The average Bonchev–Trinajstić information content (AvgIpc) is 3.35. The zero-order valence-electron chi connectivity index (χ0n) is 14.9. The first-order valence-electron chi connectivity index (χ1n) is 8.45. The van der Waals surface area contributed by atoms with Crippen molar-refractivity contribution in [2.24, 2.45) is 0 Å². The summed E-state index contributed by atoms with van der Waals surface area (Å²) in [6, 6.07) is 7.59. The molecule has 4 aromatic rings. The molecule has 0 radical (unpaired) electrons. The van der Waals surface area contributed by atoms with Crippen LogP contribution in [0.2, 0.25) is 0 Å². The van der Waals surface area contributed by atoms with Gasteiger partial charge in [-0.25, -0.2) is 0 Å². The summed E-state index contributed by atoms with van der Waals surface area (Å²) in [7, 11) is 0. The molecule has 0 aliphatic heterocycles. The molecular weight excluding hydrogens is 346 g/mol. The van der Waals surface area contributed by atoms with Gasteiger partial charge < -0.3 is 4.74 Å². The normalized spacial score (nSPS) is 11.2. The van der Waals surface area contributed by atoms with Crippen molar-refractivity contribution >= 4 is 11.9 Å². The number of nitrogens with zero attached hydrogens (tertiary/aromatic N) is 7. The van der Waals surface area contributed by atoms with Gasteiger partial charge in [-0.05, 0) is 42.5 Å². The van der Waals surface area contributed by atoms with Crippen molar-refractivity contribution in [2.45, 2.75) is 26.5 Å². The Kier molecular flexibility index (Phi) is 4.33. The van der Waals surface area contributed by atoms with Crippen LogP contribution in [0.25, 0.3) is 17.0 Å². The Morgan fingerprint density at radius 3 is 2.93 bits per heavy atom. The highest BCUT2D eigenvalue weighted by atomic mass is 16.5. The Labute approximate surface area is 154 Å². The number of pyridine rings is 2. The maximum atomic E-state index is 11.5. The van der Waals surface area contributed by atoms with Gasteiger partial charge in [0, 0.05) is 30.2 Å². The van der Waals surface area contributed by atoms with Crippen molar-refractivity contribution in [2.75, 3.05) is 0 Å². The zero-order chi connectivity index (χ0) is 18.8. The molecule has 136 valence electrons. The largest absolute Gasteiger partial charge is 0.488 e. The van der Waals surface area contributed by atoms with Crippen molar-refractivity contribution in [3.63, 3.8) is 0 Å². The summed E-state index contributed by atoms with van der Waals surface area (Å²) < 4.78 is 9.26. The molecule has 0 spiro atoms. The van der Waals surface area contributed by atoms with Gasteiger partial charge in [0.1, 0.15) is 17.9 Å². The number of carbonyl (C=O) groups is 1. The number of aldehydes is 1. The van der Waals surface area contributed by atoms with E-state index in [1.54, 1.807) is 24.7 Å². The highest BCUT2D eigenvalue weighted by Gasteiger charge is 2.16. The van der Waals surface area contributed by atoms with Gasteiger partial charge in [0.05, 0.1) is 11.4 Å². The van der Waals surface area contributed by atoms with E-state index in [1.807, 2.05) is 22.9 Å². The van der Waals surface area contributed by atoms with Gasteiger partial charge in [-0.3, -0.25) is 14.5 Å². The van der Waals surface area contributed by atoms with Gasteiger partial charge >= 0.3 is 0 Å². The van der Waals surface area contributed by atoms with Crippen molar-refractivity contribution in [1.29, 1.82) is 0 Å². The predicted molar refractivity (Wildman–Crippen MR) is 96.3 cm³/mol. The van der Waals surface area contributed by atoms with E-state index in [4.69, 9.17) is 4.74 Å². The lowest BCUT2D eigenvalue weighted by Crippen LogP contribution is -2.08. The van der Waals surface area contributed by atoms with Crippen LogP contribution >= 0.6 is 0 Å². The summed E-state index contributed by atoms with van der Waals surface area (Å²) >= 11 is 0. The highest BCUT2D eigenvalue weighted by molar-refractivity contribution is 5.87. The topological polar surface area (TPSA) is 100 Å². The summed E-state index contributed by atoms with van der Waals surface area (Å²) in [5.41, 5.74) is 3.25. The van der Waals surface area contributed by atoms with Crippen molar-refractivity contribution < 1.29 is 9.53 Å². The van der Waals surface area contributed by atoms with Crippen LogP contribution in [-0.2, 0) is 6.61 Å². The predicted octanol–water partition coefficient (Wildman–Crippen LogP) is 2.36. The monoisotopic (exact) mass is 363 g/mol. The molecule has 27 heavy (non-hydrogen) atoms. The minimum Gasteiger partial charge on any atom is -0.488 e. The molecule has 4 rings (SSSR count). The lowest BCUT2D eigenvalue weighted by Gasteiger charge is -2.14. The number of carbonyl (C=O) groups excluding carboxylic acids is 1. The molecule has 4 heterocycles. The number of tetrazole rings is 1. The van der Waals surface area contributed by atoms with Gasteiger partial charge in [0.2, 0.25) is 0 Å². The average molecular weight is 363 g/mol. The van der Waals surface area contributed by atoms with E-state index in [0.717, 1.165) is 17.0 Å². The minimum absolute atomic E-state index is 0.204. The van der Waals surface area contributed by atoms with Crippen molar-refractivity contribution in [3.05, 3.63) is 54.0 Å². The molecule has 0 aliphatic rings. The Morgan fingerprint density at radius 1 is 1.22 bits per heavy atom. The third kappa shape index (κ3) is 3.03. The maximum absolute atomic E-state index is 11.5. The third-order valence-corrected chi connectivity index (χ3v) is 4.16. The summed E-state index contributed by atoms with van der Waals surface area (Å²) in [5, 5.41) is 15.6. The fraction of sp³-hybridized carbons (Fsp3) is 0.222. The van der Waals surface area contributed by atoms with E-state index < -0.39 is 0 Å². The smallest absolute Gasteiger partial charge is 0.193 e. The van der Waals surface area contributed by atoms with Crippen LogP contribution in [0.3, 0.4) is 0 Å². The van der Waals surface area contributed by atoms with E-state index in [1.165, 1.54) is 4.52 Å². The molecule has 0 aliphatic carbocycles. The lowest BCUT2D eigenvalue weighted by molar-refractivity contribution is 0.112. The molecule has 0 saturated carbocycles. The zero-order valence-corrected chi connectivity index (χ0v) is 14.9. The molecular formula is C18H17N7O2. The van der Waals surface area contributed by atoms with Crippen LogP contribution in [0.1, 0.15) is 35.8 Å². The fourth-order valence-electron chi connectivity index (χ4n) is 2.90. The molecule has 0 amide bonds. The second-order valence-corrected chi connectivity index (χ2v) is 6.21. The summed E-state index contributed by atoms with van der Waals surface area (Å²) in [6.45, 7) is 4.37. The van der Waals surface area contributed by atoms with E-state index in [-0.39, 0.29) is 12.6 Å². The molecule has 0 aromatic carbocycles. The quantitative estimate of drug-likeness (QED) is 0.485. The van der Waals surface area contributed by atoms with Crippen molar-refractivity contribution in [3.8, 4) is 17.1 Å². The Bertz CT molecular complexity index is 1100. The Hall–Kier alpha value is -3.62. The SMILES string of the molecule is CC(C)n1nccc1-c1ncccc1COc1ccn2nnnc2c1C=O. The first kappa shape index (κ1) is 16.8. The van der Waals surface area contributed by atoms with Gasteiger partial charge in [-0.1, -0.05) is 6.07 Å². The number of hydrogen-bond acceptors (Lipinski definition) is 7. The molecule has 4 aromatic heterocycles. The molecule has 0 N–H and O–H groups in total. The van der Waals surface area contributed by atoms with Gasteiger partial charge in [-0.15, -0.1) is 5.10 Å². The van der Waals surface area contributed by atoms with Gasteiger partial charge in [0.25, 0.3) is 0 Å². The Balaban J connectivity index is 1.67. The number of aromatic nitrogens is 7. The summed E-state index contributed by atoms with van der Waals surface area (Å²) in [6.07, 6.45) is 5.83. The number of hydrogen-bond donors (Lipinski definition) is 0. The second-order valence-electron chi connectivity index (χ2n) is 6.21. The van der Waals surface area contributed by atoms with Crippen LogP contribution in [0.4, 0.5) is 0 Å². The molecule has 9 nitrogen and oxygen atoms in total. The summed E-state index contributed by atoms with van der Waals surface area (Å²) in [4.78, 5) is 16.0. The molecule has 0 unspecified atom stereocenters. The van der Waals surface area contributed by atoms with Crippen LogP contribution < -0.4 is 4.74 Å². The first-order chi connectivity index (χ1) is 13.2. The van der Waals surface area contributed by atoms with Crippen LogP contribution in [-0.4, -0.2) is 41.1 Å².